The average molecular weight is 338 g/mol. The molecule has 22 heavy (non-hydrogen) atoms. The molecule has 0 fully saturated rings. The van der Waals surface area contributed by atoms with Crippen LogP contribution in [-0.4, -0.2) is 5.91 Å². The van der Waals surface area contributed by atoms with E-state index in [1.54, 1.807) is 18.2 Å². The second-order valence-corrected chi connectivity index (χ2v) is 6.09. The molecule has 0 spiro atoms. The van der Waals surface area contributed by atoms with Gasteiger partial charge in [0.1, 0.15) is 16.5 Å². The van der Waals surface area contributed by atoms with Crippen LogP contribution in [0, 0.1) is 11.6 Å². The van der Waals surface area contributed by atoms with Crippen molar-refractivity contribution in [2.24, 2.45) is 0 Å². The van der Waals surface area contributed by atoms with Crippen LogP contribution in [0.4, 0.5) is 8.78 Å². The summed E-state index contributed by atoms with van der Waals surface area (Å²) in [4.78, 5) is 12.5. The Balaban J connectivity index is 1.83. The molecule has 0 atom stereocenters. The number of carbonyl (C=O) groups is 1. The van der Waals surface area contributed by atoms with Crippen LogP contribution in [0.2, 0.25) is 5.02 Å². The second kappa shape index (κ2) is 6.02. The number of carbonyl (C=O) groups excluding carboxylic acids is 1. The summed E-state index contributed by atoms with van der Waals surface area (Å²) < 4.78 is 27.3. The molecular formula is C16H10ClF2NOS. The summed E-state index contributed by atoms with van der Waals surface area (Å²) in [7, 11) is 0. The minimum atomic E-state index is -0.408. The van der Waals surface area contributed by atoms with Gasteiger partial charge in [-0.1, -0.05) is 29.8 Å². The first-order valence-electron chi connectivity index (χ1n) is 6.45. The van der Waals surface area contributed by atoms with Gasteiger partial charge in [0.25, 0.3) is 5.91 Å². The van der Waals surface area contributed by atoms with Gasteiger partial charge in [-0.2, -0.15) is 0 Å². The quantitative estimate of drug-likeness (QED) is 0.733. The minimum Gasteiger partial charge on any atom is -0.347 e. The number of fused-ring (bicyclic) bond motifs is 1. The molecule has 1 heterocycles. The number of thiophene rings is 1. The SMILES string of the molecule is O=C(NCc1ccccc1F)c1sc2cc(F)ccc2c1Cl. The summed E-state index contributed by atoms with van der Waals surface area (Å²) in [6.07, 6.45) is 0. The lowest BCUT2D eigenvalue weighted by Gasteiger charge is -2.05. The van der Waals surface area contributed by atoms with Gasteiger partial charge in [-0.15, -0.1) is 11.3 Å². The number of hydrogen-bond acceptors (Lipinski definition) is 2. The summed E-state index contributed by atoms with van der Waals surface area (Å²) in [6.45, 7) is 0.0600. The van der Waals surface area contributed by atoms with Crippen molar-refractivity contribution in [3.63, 3.8) is 0 Å². The standard InChI is InChI=1S/C16H10ClF2NOS/c17-14-11-6-5-10(18)7-13(11)22-15(14)16(21)20-8-9-3-1-2-4-12(9)19/h1-7H,8H2,(H,20,21). The van der Waals surface area contributed by atoms with Gasteiger partial charge >= 0.3 is 0 Å². The summed E-state index contributed by atoms with van der Waals surface area (Å²) in [5.74, 6) is -1.18. The van der Waals surface area contributed by atoms with E-state index in [-0.39, 0.29) is 23.2 Å². The lowest BCUT2D eigenvalue weighted by atomic mass is 10.2. The van der Waals surface area contributed by atoms with E-state index >= 15 is 0 Å². The number of hydrogen-bond donors (Lipinski definition) is 1. The van der Waals surface area contributed by atoms with Gasteiger partial charge in [0.15, 0.2) is 0 Å². The number of halogens is 3. The number of benzene rings is 2. The predicted octanol–water partition coefficient (Wildman–Crippen LogP) is 4.76. The minimum absolute atomic E-state index is 0.0600. The molecular weight excluding hydrogens is 328 g/mol. The molecule has 1 aromatic heterocycles. The van der Waals surface area contributed by atoms with E-state index in [4.69, 9.17) is 11.6 Å². The zero-order valence-corrected chi connectivity index (χ0v) is 12.8. The van der Waals surface area contributed by atoms with Crippen LogP contribution in [0.5, 0.6) is 0 Å². The van der Waals surface area contributed by atoms with E-state index in [1.807, 2.05) is 0 Å². The highest BCUT2D eigenvalue weighted by Crippen LogP contribution is 2.35. The van der Waals surface area contributed by atoms with Crippen LogP contribution in [0.15, 0.2) is 42.5 Å². The molecule has 0 saturated heterocycles. The molecule has 2 nitrogen and oxygen atoms in total. The van der Waals surface area contributed by atoms with Gasteiger partial charge in [-0.05, 0) is 24.3 Å². The molecule has 0 aliphatic carbocycles. The Morgan fingerprint density at radius 1 is 1.18 bits per heavy atom. The van der Waals surface area contributed by atoms with E-state index in [2.05, 4.69) is 5.32 Å². The van der Waals surface area contributed by atoms with E-state index in [0.29, 0.717) is 20.5 Å². The molecule has 2 aromatic carbocycles. The summed E-state index contributed by atoms with van der Waals surface area (Å²) in [5, 5.41) is 3.54. The number of rotatable bonds is 3. The molecule has 0 bridgehead atoms. The van der Waals surface area contributed by atoms with Gasteiger partial charge in [0.05, 0.1) is 5.02 Å². The van der Waals surface area contributed by atoms with Gasteiger partial charge in [-0.3, -0.25) is 4.79 Å². The molecule has 1 amide bonds. The van der Waals surface area contributed by atoms with Crippen LogP contribution in [0.3, 0.4) is 0 Å². The highest BCUT2D eigenvalue weighted by molar-refractivity contribution is 7.21. The zero-order valence-electron chi connectivity index (χ0n) is 11.2. The van der Waals surface area contributed by atoms with Crippen molar-refractivity contribution in [1.29, 1.82) is 0 Å². The first kappa shape index (κ1) is 14.9. The molecule has 0 radical (unpaired) electrons. The monoisotopic (exact) mass is 337 g/mol. The third kappa shape index (κ3) is 2.82. The average Bonchev–Trinajstić information content (AvgIpc) is 2.82. The molecule has 0 aliphatic rings. The van der Waals surface area contributed by atoms with Crippen LogP contribution < -0.4 is 5.32 Å². The van der Waals surface area contributed by atoms with Crippen molar-refractivity contribution in [3.8, 4) is 0 Å². The van der Waals surface area contributed by atoms with Crippen molar-refractivity contribution in [2.45, 2.75) is 6.54 Å². The number of amides is 1. The third-order valence-corrected chi connectivity index (χ3v) is 4.85. The topological polar surface area (TPSA) is 29.1 Å². The fraction of sp³-hybridized carbons (Fsp3) is 0.0625. The zero-order chi connectivity index (χ0) is 15.7. The molecule has 1 N–H and O–H groups in total. The summed E-state index contributed by atoms with van der Waals surface area (Å²) in [6, 6.07) is 10.4. The molecule has 0 aliphatic heterocycles. The largest absolute Gasteiger partial charge is 0.347 e. The van der Waals surface area contributed by atoms with Crippen molar-refractivity contribution < 1.29 is 13.6 Å². The highest BCUT2D eigenvalue weighted by Gasteiger charge is 2.17. The van der Waals surface area contributed by atoms with Gasteiger partial charge in [0.2, 0.25) is 0 Å². The Morgan fingerprint density at radius 2 is 1.95 bits per heavy atom. The lowest BCUT2D eigenvalue weighted by Crippen LogP contribution is -2.22. The van der Waals surface area contributed by atoms with Crippen LogP contribution in [0.1, 0.15) is 15.2 Å². The summed E-state index contributed by atoms with van der Waals surface area (Å²) in [5.41, 5.74) is 0.388. The highest BCUT2D eigenvalue weighted by atomic mass is 35.5. The molecule has 6 heteroatoms. The Labute approximate surface area is 134 Å². The lowest BCUT2D eigenvalue weighted by molar-refractivity contribution is 0.0955. The third-order valence-electron chi connectivity index (χ3n) is 3.19. The first-order valence-corrected chi connectivity index (χ1v) is 7.65. The van der Waals surface area contributed by atoms with Crippen molar-refractivity contribution in [2.75, 3.05) is 0 Å². The molecule has 0 saturated carbocycles. The van der Waals surface area contributed by atoms with Crippen LogP contribution in [-0.2, 0) is 6.54 Å². The van der Waals surface area contributed by atoms with Crippen LogP contribution >= 0.6 is 22.9 Å². The van der Waals surface area contributed by atoms with Crippen molar-refractivity contribution in [1.82, 2.24) is 5.32 Å². The van der Waals surface area contributed by atoms with Gasteiger partial charge < -0.3 is 5.32 Å². The fourth-order valence-electron chi connectivity index (χ4n) is 2.08. The Hall–Kier alpha value is -1.98. The summed E-state index contributed by atoms with van der Waals surface area (Å²) >= 11 is 7.28. The molecule has 0 unspecified atom stereocenters. The van der Waals surface area contributed by atoms with E-state index in [0.717, 1.165) is 11.3 Å². The van der Waals surface area contributed by atoms with E-state index in [9.17, 15) is 13.6 Å². The fourth-order valence-corrected chi connectivity index (χ4v) is 3.54. The predicted molar refractivity (Wildman–Crippen MR) is 84.4 cm³/mol. The Bertz CT molecular complexity index is 862. The van der Waals surface area contributed by atoms with E-state index in [1.165, 1.54) is 24.3 Å². The smallest absolute Gasteiger partial charge is 0.263 e. The maximum Gasteiger partial charge on any atom is 0.263 e. The Kier molecular flexibility index (Phi) is 4.09. The maximum absolute atomic E-state index is 13.5. The maximum atomic E-state index is 13.5. The van der Waals surface area contributed by atoms with Crippen molar-refractivity contribution >= 4 is 38.9 Å². The molecule has 112 valence electrons. The van der Waals surface area contributed by atoms with Crippen molar-refractivity contribution in [3.05, 3.63) is 69.6 Å². The van der Waals surface area contributed by atoms with Gasteiger partial charge in [0, 0.05) is 22.2 Å². The first-order chi connectivity index (χ1) is 10.6. The molecule has 3 aromatic rings. The second-order valence-electron chi connectivity index (χ2n) is 4.66. The number of nitrogens with one attached hydrogen (secondary N) is 1. The Morgan fingerprint density at radius 3 is 2.73 bits per heavy atom. The van der Waals surface area contributed by atoms with Crippen LogP contribution in [0.25, 0.3) is 10.1 Å². The molecule has 3 rings (SSSR count). The van der Waals surface area contributed by atoms with Gasteiger partial charge in [-0.25, -0.2) is 8.78 Å². The normalized spacial score (nSPS) is 10.9. The van der Waals surface area contributed by atoms with E-state index < -0.39 is 5.91 Å².